The Morgan fingerprint density at radius 2 is 2.32 bits per heavy atom. The van der Waals surface area contributed by atoms with Crippen LogP contribution in [0.4, 0.5) is 0 Å². The molecular formula is C14H20N4O. The lowest BCUT2D eigenvalue weighted by Gasteiger charge is -2.20. The first-order valence-corrected chi connectivity index (χ1v) is 6.86. The quantitative estimate of drug-likeness (QED) is 0.910. The summed E-state index contributed by atoms with van der Waals surface area (Å²) in [4.78, 5) is 0. The van der Waals surface area contributed by atoms with Crippen molar-refractivity contribution in [1.82, 2.24) is 19.3 Å². The molecule has 0 aliphatic heterocycles. The monoisotopic (exact) mass is 260 g/mol. The first-order chi connectivity index (χ1) is 9.16. The van der Waals surface area contributed by atoms with Gasteiger partial charge in [-0.25, -0.2) is 0 Å². The molecule has 0 aromatic carbocycles. The zero-order valence-electron chi connectivity index (χ0n) is 11.5. The van der Waals surface area contributed by atoms with Crippen molar-refractivity contribution in [3.05, 3.63) is 35.2 Å². The third-order valence-corrected chi connectivity index (χ3v) is 4.06. The molecular weight excluding hydrogens is 240 g/mol. The largest absolute Gasteiger partial charge is 0.388 e. The molecule has 0 bridgehead atoms. The number of aromatic nitrogens is 4. The number of hydrogen-bond donors (Lipinski definition) is 1. The zero-order valence-corrected chi connectivity index (χ0v) is 11.5. The van der Waals surface area contributed by atoms with Gasteiger partial charge in [0.2, 0.25) is 0 Å². The van der Waals surface area contributed by atoms with Gasteiger partial charge in [0.1, 0.15) is 12.2 Å². The summed E-state index contributed by atoms with van der Waals surface area (Å²) in [6.45, 7) is 3.02. The normalized spacial score (nSPS) is 18.6. The number of aryl methyl sites for hydroxylation is 3. The van der Waals surface area contributed by atoms with Crippen LogP contribution in [0.5, 0.6) is 0 Å². The molecule has 1 aliphatic rings. The van der Waals surface area contributed by atoms with Gasteiger partial charge in [-0.3, -0.25) is 0 Å². The fourth-order valence-corrected chi connectivity index (χ4v) is 3.00. The van der Waals surface area contributed by atoms with E-state index in [-0.39, 0.29) is 6.10 Å². The summed E-state index contributed by atoms with van der Waals surface area (Å²) in [6, 6.07) is 2.13. The van der Waals surface area contributed by atoms with Gasteiger partial charge < -0.3 is 14.2 Å². The van der Waals surface area contributed by atoms with E-state index in [4.69, 9.17) is 0 Å². The Balaban J connectivity index is 1.83. The highest BCUT2D eigenvalue weighted by Gasteiger charge is 2.22. The summed E-state index contributed by atoms with van der Waals surface area (Å²) in [7, 11) is 1.97. The molecule has 0 fully saturated rings. The lowest BCUT2D eigenvalue weighted by molar-refractivity contribution is 0.155. The Bertz CT molecular complexity index is 584. The number of aliphatic hydroxyl groups is 1. The Labute approximate surface area is 112 Å². The summed E-state index contributed by atoms with van der Waals surface area (Å²) in [5.41, 5.74) is 3.66. The second-order valence-corrected chi connectivity index (χ2v) is 5.36. The van der Waals surface area contributed by atoms with E-state index in [0.29, 0.717) is 0 Å². The lowest BCUT2D eigenvalue weighted by atomic mass is 9.95. The van der Waals surface area contributed by atoms with Crippen molar-refractivity contribution in [3.8, 4) is 0 Å². The Morgan fingerprint density at radius 3 is 3.05 bits per heavy atom. The molecule has 0 saturated carbocycles. The molecule has 0 amide bonds. The third-order valence-electron chi connectivity index (χ3n) is 4.06. The molecule has 1 N–H and O–H groups in total. The molecule has 0 saturated heterocycles. The Kier molecular flexibility index (Phi) is 3.14. The van der Waals surface area contributed by atoms with Gasteiger partial charge in [0.25, 0.3) is 0 Å². The van der Waals surface area contributed by atoms with E-state index in [1.165, 1.54) is 11.4 Å². The van der Waals surface area contributed by atoms with E-state index in [2.05, 4.69) is 27.8 Å². The summed E-state index contributed by atoms with van der Waals surface area (Å²) >= 11 is 0. The van der Waals surface area contributed by atoms with Gasteiger partial charge in [0.15, 0.2) is 0 Å². The predicted octanol–water partition coefficient (Wildman–Crippen LogP) is 1.54. The molecule has 0 radical (unpaired) electrons. The van der Waals surface area contributed by atoms with Crippen LogP contribution in [-0.4, -0.2) is 24.4 Å². The predicted molar refractivity (Wildman–Crippen MR) is 71.8 cm³/mol. The molecule has 1 aliphatic carbocycles. The van der Waals surface area contributed by atoms with Crippen LogP contribution in [0.3, 0.4) is 0 Å². The van der Waals surface area contributed by atoms with Crippen LogP contribution in [0.2, 0.25) is 0 Å². The standard InChI is InChI=1S/C14H20N4O/c1-10-8-11-12(4-3-5-13(11)19)18(10)7-6-14-16-15-9-17(14)2/h8-9,13,19H,3-7H2,1-2H3. The van der Waals surface area contributed by atoms with Crippen LogP contribution in [0, 0.1) is 6.92 Å². The van der Waals surface area contributed by atoms with Crippen LogP contribution in [-0.2, 0) is 26.4 Å². The second kappa shape index (κ2) is 4.81. The minimum Gasteiger partial charge on any atom is -0.388 e. The van der Waals surface area contributed by atoms with Crippen molar-refractivity contribution in [2.45, 2.75) is 45.3 Å². The van der Waals surface area contributed by atoms with Crippen molar-refractivity contribution in [1.29, 1.82) is 0 Å². The fraction of sp³-hybridized carbons (Fsp3) is 0.571. The first-order valence-electron chi connectivity index (χ1n) is 6.86. The molecule has 0 spiro atoms. The van der Waals surface area contributed by atoms with Crippen LogP contribution in [0.1, 0.15) is 41.7 Å². The van der Waals surface area contributed by atoms with Crippen molar-refractivity contribution in [2.24, 2.45) is 7.05 Å². The number of nitrogens with zero attached hydrogens (tertiary/aromatic N) is 4. The van der Waals surface area contributed by atoms with Gasteiger partial charge in [0, 0.05) is 37.0 Å². The summed E-state index contributed by atoms with van der Waals surface area (Å²) in [5, 5.41) is 18.1. The van der Waals surface area contributed by atoms with Gasteiger partial charge in [0.05, 0.1) is 6.10 Å². The minimum atomic E-state index is -0.279. The van der Waals surface area contributed by atoms with E-state index in [9.17, 15) is 5.11 Å². The molecule has 2 aromatic rings. The molecule has 102 valence electrons. The highest BCUT2D eigenvalue weighted by molar-refractivity contribution is 5.31. The van der Waals surface area contributed by atoms with Gasteiger partial charge >= 0.3 is 0 Å². The smallest absolute Gasteiger partial charge is 0.134 e. The zero-order chi connectivity index (χ0) is 13.4. The second-order valence-electron chi connectivity index (χ2n) is 5.36. The van der Waals surface area contributed by atoms with Crippen LogP contribution in [0.25, 0.3) is 0 Å². The van der Waals surface area contributed by atoms with Crippen molar-refractivity contribution >= 4 is 0 Å². The van der Waals surface area contributed by atoms with E-state index in [1.54, 1.807) is 6.33 Å². The topological polar surface area (TPSA) is 55.9 Å². The molecule has 2 heterocycles. The van der Waals surface area contributed by atoms with E-state index >= 15 is 0 Å². The van der Waals surface area contributed by atoms with E-state index in [1.807, 2.05) is 11.6 Å². The minimum absolute atomic E-state index is 0.279. The molecule has 2 aromatic heterocycles. The van der Waals surface area contributed by atoms with Crippen LogP contribution in [0.15, 0.2) is 12.4 Å². The average molecular weight is 260 g/mol. The Morgan fingerprint density at radius 1 is 1.47 bits per heavy atom. The molecule has 1 atom stereocenters. The van der Waals surface area contributed by atoms with Crippen LogP contribution < -0.4 is 0 Å². The third kappa shape index (κ3) is 2.18. The maximum absolute atomic E-state index is 10.1. The van der Waals surface area contributed by atoms with Gasteiger partial charge in [-0.1, -0.05) is 0 Å². The number of hydrogen-bond acceptors (Lipinski definition) is 3. The van der Waals surface area contributed by atoms with Crippen molar-refractivity contribution < 1.29 is 5.11 Å². The van der Waals surface area contributed by atoms with E-state index < -0.39 is 0 Å². The van der Waals surface area contributed by atoms with Gasteiger partial charge in [-0.05, 0) is 32.3 Å². The number of aliphatic hydroxyl groups excluding tert-OH is 1. The van der Waals surface area contributed by atoms with Crippen molar-refractivity contribution in [3.63, 3.8) is 0 Å². The SMILES string of the molecule is Cc1cc2c(n1CCc1nncn1C)CCCC2O. The van der Waals surface area contributed by atoms with Crippen molar-refractivity contribution in [2.75, 3.05) is 0 Å². The molecule has 5 nitrogen and oxygen atoms in total. The summed E-state index contributed by atoms with van der Waals surface area (Å²) in [5.74, 6) is 0.998. The summed E-state index contributed by atoms with van der Waals surface area (Å²) < 4.78 is 4.28. The summed E-state index contributed by atoms with van der Waals surface area (Å²) in [6.07, 6.45) is 5.35. The molecule has 5 heteroatoms. The maximum Gasteiger partial charge on any atom is 0.134 e. The molecule has 19 heavy (non-hydrogen) atoms. The number of fused-ring (bicyclic) bond motifs is 1. The molecule has 3 rings (SSSR count). The van der Waals surface area contributed by atoms with Gasteiger partial charge in [-0.2, -0.15) is 0 Å². The molecule has 1 unspecified atom stereocenters. The Hall–Kier alpha value is -1.62. The first kappa shape index (κ1) is 12.4. The maximum atomic E-state index is 10.1. The lowest BCUT2D eigenvalue weighted by Crippen LogP contribution is -2.14. The van der Waals surface area contributed by atoms with Gasteiger partial charge in [-0.15, -0.1) is 10.2 Å². The fourth-order valence-electron chi connectivity index (χ4n) is 3.00. The number of rotatable bonds is 3. The average Bonchev–Trinajstić information content (AvgIpc) is 2.92. The van der Waals surface area contributed by atoms with Crippen LogP contribution >= 0.6 is 0 Å². The highest BCUT2D eigenvalue weighted by Crippen LogP contribution is 2.32. The van der Waals surface area contributed by atoms with E-state index in [0.717, 1.165) is 43.6 Å². The highest BCUT2D eigenvalue weighted by atomic mass is 16.3.